The third kappa shape index (κ3) is 3.25. The first kappa shape index (κ1) is 12.5. The van der Waals surface area contributed by atoms with E-state index in [9.17, 15) is 4.39 Å². The first-order valence-electron chi connectivity index (χ1n) is 5.26. The number of aromatic nitrogens is 1. The third-order valence-corrected chi connectivity index (χ3v) is 3.67. The molecule has 2 rings (SSSR count). The molecular formula is C12H12ClFN2S. The molecule has 1 aromatic heterocycles. The molecule has 5 heteroatoms. The second kappa shape index (κ2) is 5.58. The van der Waals surface area contributed by atoms with Crippen molar-refractivity contribution in [2.45, 2.75) is 12.8 Å². The van der Waals surface area contributed by atoms with Crippen molar-refractivity contribution < 1.29 is 4.39 Å². The molecule has 1 aromatic carbocycles. The second-order valence-electron chi connectivity index (χ2n) is 3.68. The van der Waals surface area contributed by atoms with E-state index in [1.165, 1.54) is 6.07 Å². The van der Waals surface area contributed by atoms with Gasteiger partial charge < -0.3 is 5.73 Å². The number of nitrogens with zero attached hydrogens (tertiary/aromatic N) is 1. The standard InChI is InChI=1S/C12H12ClFN2S/c13-10-6-8(1-2-11(10)14)5-9-7-16-12(17-9)3-4-15/h1-2,6-7H,3-5,15H2. The van der Waals surface area contributed by atoms with E-state index in [-0.39, 0.29) is 10.8 Å². The quantitative estimate of drug-likeness (QED) is 0.928. The SMILES string of the molecule is NCCc1ncc(Cc2ccc(F)c(Cl)c2)s1. The summed E-state index contributed by atoms with van der Waals surface area (Å²) in [6, 6.07) is 4.78. The first-order valence-corrected chi connectivity index (χ1v) is 6.46. The summed E-state index contributed by atoms with van der Waals surface area (Å²) >= 11 is 7.37. The van der Waals surface area contributed by atoms with Gasteiger partial charge in [-0.25, -0.2) is 9.37 Å². The van der Waals surface area contributed by atoms with Crippen LogP contribution in [0.4, 0.5) is 4.39 Å². The molecule has 0 bridgehead atoms. The lowest BCUT2D eigenvalue weighted by atomic mass is 10.1. The fourth-order valence-electron chi connectivity index (χ4n) is 1.52. The van der Waals surface area contributed by atoms with E-state index in [2.05, 4.69) is 4.98 Å². The van der Waals surface area contributed by atoms with Gasteiger partial charge in [0.15, 0.2) is 0 Å². The van der Waals surface area contributed by atoms with Gasteiger partial charge in [0.2, 0.25) is 0 Å². The summed E-state index contributed by atoms with van der Waals surface area (Å²) in [6.07, 6.45) is 3.37. The lowest BCUT2D eigenvalue weighted by Gasteiger charge is -2.00. The van der Waals surface area contributed by atoms with Gasteiger partial charge in [0, 0.05) is 23.9 Å². The van der Waals surface area contributed by atoms with Crippen LogP contribution < -0.4 is 5.73 Å². The summed E-state index contributed by atoms with van der Waals surface area (Å²) in [5, 5.41) is 1.20. The molecule has 0 amide bonds. The maximum atomic E-state index is 13.0. The first-order chi connectivity index (χ1) is 8.19. The molecule has 2 aromatic rings. The normalized spacial score (nSPS) is 10.8. The van der Waals surface area contributed by atoms with Gasteiger partial charge in [0.1, 0.15) is 5.82 Å². The zero-order chi connectivity index (χ0) is 12.3. The fraction of sp³-hybridized carbons (Fsp3) is 0.250. The summed E-state index contributed by atoms with van der Waals surface area (Å²) in [7, 11) is 0. The minimum absolute atomic E-state index is 0.161. The molecule has 0 saturated heterocycles. The number of rotatable bonds is 4. The molecule has 1 heterocycles. The topological polar surface area (TPSA) is 38.9 Å². The minimum atomic E-state index is -0.386. The second-order valence-corrected chi connectivity index (χ2v) is 5.29. The Morgan fingerprint density at radius 3 is 2.94 bits per heavy atom. The van der Waals surface area contributed by atoms with Crippen LogP contribution in [0.3, 0.4) is 0 Å². The highest BCUT2D eigenvalue weighted by molar-refractivity contribution is 7.11. The monoisotopic (exact) mass is 270 g/mol. The van der Waals surface area contributed by atoms with Crippen molar-refractivity contribution >= 4 is 22.9 Å². The molecule has 2 nitrogen and oxygen atoms in total. The molecular weight excluding hydrogens is 259 g/mol. The van der Waals surface area contributed by atoms with Crippen LogP contribution in [0.15, 0.2) is 24.4 Å². The minimum Gasteiger partial charge on any atom is -0.330 e. The number of benzene rings is 1. The predicted octanol–water partition coefficient (Wildman–Crippen LogP) is 3.03. The van der Waals surface area contributed by atoms with Crippen molar-refractivity contribution in [3.8, 4) is 0 Å². The number of nitrogens with two attached hydrogens (primary N) is 1. The Morgan fingerprint density at radius 2 is 2.24 bits per heavy atom. The van der Waals surface area contributed by atoms with Crippen molar-refractivity contribution in [3.05, 3.63) is 50.7 Å². The maximum absolute atomic E-state index is 13.0. The molecule has 2 N–H and O–H groups in total. The highest BCUT2D eigenvalue weighted by Crippen LogP contribution is 2.21. The van der Waals surface area contributed by atoms with Crippen LogP contribution in [0, 0.1) is 5.82 Å². The summed E-state index contributed by atoms with van der Waals surface area (Å²) in [5.41, 5.74) is 6.45. The van der Waals surface area contributed by atoms with Crippen molar-refractivity contribution in [2.24, 2.45) is 5.73 Å². The largest absolute Gasteiger partial charge is 0.330 e. The van der Waals surface area contributed by atoms with Gasteiger partial charge in [-0.2, -0.15) is 0 Å². The molecule has 0 spiro atoms. The average molecular weight is 271 g/mol. The van der Waals surface area contributed by atoms with Crippen LogP contribution in [0.5, 0.6) is 0 Å². The molecule has 0 atom stereocenters. The Balaban J connectivity index is 2.11. The molecule has 0 radical (unpaired) electrons. The molecule has 17 heavy (non-hydrogen) atoms. The Hall–Kier alpha value is -0.970. The summed E-state index contributed by atoms with van der Waals surface area (Å²) in [6.45, 7) is 0.606. The van der Waals surface area contributed by atoms with E-state index in [0.29, 0.717) is 6.54 Å². The molecule has 0 fully saturated rings. The van der Waals surface area contributed by atoms with Crippen molar-refractivity contribution in [3.63, 3.8) is 0 Å². The molecule has 90 valence electrons. The van der Waals surface area contributed by atoms with Gasteiger partial charge in [0.05, 0.1) is 10.0 Å². The van der Waals surface area contributed by atoms with Crippen molar-refractivity contribution in [2.75, 3.05) is 6.54 Å². The summed E-state index contributed by atoms with van der Waals surface area (Å²) in [5.74, 6) is -0.386. The van der Waals surface area contributed by atoms with E-state index < -0.39 is 0 Å². The highest BCUT2D eigenvalue weighted by atomic mass is 35.5. The molecule has 0 aliphatic rings. The van der Waals surface area contributed by atoms with Crippen LogP contribution in [0.2, 0.25) is 5.02 Å². The Bertz CT molecular complexity index is 513. The lowest BCUT2D eigenvalue weighted by Crippen LogP contribution is -2.01. The van der Waals surface area contributed by atoms with Gasteiger partial charge in [-0.15, -0.1) is 11.3 Å². The van der Waals surface area contributed by atoms with Gasteiger partial charge in [-0.1, -0.05) is 17.7 Å². The molecule has 0 aliphatic carbocycles. The van der Waals surface area contributed by atoms with Crippen LogP contribution in [-0.2, 0) is 12.8 Å². The highest BCUT2D eigenvalue weighted by Gasteiger charge is 2.05. The van der Waals surface area contributed by atoms with E-state index in [0.717, 1.165) is 28.3 Å². The number of hydrogen-bond donors (Lipinski definition) is 1. The van der Waals surface area contributed by atoms with Crippen LogP contribution in [0.25, 0.3) is 0 Å². The van der Waals surface area contributed by atoms with Gasteiger partial charge in [-0.05, 0) is 24.2 Å². The summed E-state index contributed by atoms with van der Waals surface area (Å²) in [4.78, 5) is 5.41. The molecule has 0 unspecified atom stereocenters. The van der Waals surface area contributed by atoms with E-state index >= 15 is 0 Å². The Morgan fingerprint density at radius 1 is 1.41 bits per heavy atom. The maximum Gasteiger partial charge on any atom is 0.141 e. The third-order valence-electron chi connectivity index (χ3n) is 2.32. The van der Waals surface area contributed by atoms with E-state index in [1.807, 2.05) is 6.20 Å². The number of thiazole rings is 1. The molecule has 0 aliphatic heterocycles. The Kier molecular flexibility index (Phi) is 4.10. The number of halogens is 2. The molecule has 0 saturated carbocycles. The van der Waals surface area contributed by atoms with Crippen LogP contribution in [-0.4, -0.2) is 11.5 Å². The Labute approximate surface area is 108 Å². The van der Waals surface area contributed by atoms with E-state index in [4.69, 9.17) is 17.3 Å². The zero-order valence-corrected chi connectivity index (χ0v) is 10.7. The summed E-state index contributed by atoms with van der Waals surface area (Å²) < 4.78 is 13.0. The van der Waals surface area contributed by atoms with Gasteiger partial charge in [0.25, 0.3) is 0 Å². The van der Waals surface area contributed by atoms with Gasteiger partial charge >= 0.3 is 0 Å². The predicted molar refractivity (Wildman–Crippen MR) is 69.1 cm³/mol. The van der Waals surface area contributed by atoms with Gasteiger partial charge in [-0.3, -0.25) is 0 Å². The smallest absolute Gasteiger partial charge is 0.141 e. The van der Waals surface area contributed by atoms with Crippen LogP contribution >= 0.6 is 22.9 Å². The number of hydrogen-bond acceptors (Lipinski definition) is 3. The van der Waals surface area contributed by atoms with Crippen molar-refractivity contribution in [1.29, 1.82) is 0 Å². The van der Waals surface area contributed by atoms with Crippen molar-refractivity contribution in [1.82, 2.24) is 4.98 Å². The van der Waals surface area contributed by atoms with Crippen LogP contribution in [0.1, 0.15) is 15.4 Å². The van der Waals surface area contributed by atoms with E-state index in [1.54, 1.807) is 23.5 Å². The average Bonchev–Trinajstić information content (AvgIpc) is 2.72. The zero-order valence-electron chi connectivity index (χ0n) is 9.12. The fourth-order valence-corrected chi connectivity index (χ4v) is 2.69. The lowest BCUT2D eigenvalue weighted by molar-refractivity contribution is 0.627.